The molecule has 0 spiro atoms. The third-order valence-corrected chi connectivity index (χ3v) is 1.03. The van der Waals surface area contributed by atoms with Gasteiger partial charge in [0.2, 0.25) is 0 Å². The number of carbonyl (C=O) groups is 2. The maximum absolute atomic E-state index is 10.2. The molecule has 1 fully saturated rings. The number of imide groups is 1. The lowest BCUT2D eigenvalue weighted by atomic mass is 10.4. The van der Waals surface area contributed by atoms with Crippen molar-refractivity contribution in [2.75, 3.05) is 6.26 Å². The Morgan fingerprint density at radius 1 is 1.23 bits per heavy atom. The van der Waals surface area contributed by atoms with Crippen LogP contribution in [0.3, 0.4) is 0 Å². The average Bonchev–Trinajstić information content (AvgIpc) is 2.16. The first-order valence-corrected chi connectivity index (χ1v) is 5.04. The smallest absolute Gasteiger partial charge is 0.261 e. The summed E-state index contributed by atoms with van der Waals surface area (Å²) in [5.74, 6) is -1.01. The highest BCUT2D eigenvalue weighted by molar-refractivity contribution is 7.85. The molecule has 0 aliphatic carbocycles. The van der Waals surface area contributed by atoms with E-state index in [-0.39, 0.29) is 17.9 Å². The number of nitrogens with zero attached hydrogens (tertiary/aromatic N) is 1. The molecular formula is C5H9NO6S. The summed E-state index contributed by atoms with van der Waals surface area (Å²) >= 11 is 0. The van der Waals surface area contributed by atoms with Gasteiger partial charge in [-0.2, -0.15) is 13.5 Å². The predicted molar refractivity (Wildman–Crippen MR) is 40.3 cm³/mol. The number of carbonyl (C=O) groups excluding carboxylic acids is 2. The molecule has 1 aliphatic heterocycles. The lowest BCUT2D eigenvalue weighted by Crippen LogP contribution is -2.24. The molecule has 0 radical (unpaired) electrons. The van der Waals surface area contributed by atoms with Gasteiger partial charge in [-0.25, -0.2) is 0 Å². The van der Waals surface area contributed by atoms with E-state index in [0.29, 0.717) is 6.26 Å². The van der Waals surface area contributed by atoms with E-state index in [1.54, 1.807) is 0 Å². The molecule has 0 atom stereocenters. The summed E-state index contributed by atoms with van der Waals surface area (Å²) in [5, 5.41) is 8.57. The standard InChI is InChI=1S/C4H5NO3.CH4O3S/c6-3-1-2-4(7)5(3)8;1-5(2,3)4/h8H,1-2H2;1H3,(H,2,3,4). The fourth-order valence-electron chi connectivity index (χ4n) is 0.565. The van der Waals surface area contributed by atoms with Gasteiger partial charge < -0.3 is 0 Å². The number of hydrogen-bond acceptors (Lipinski definition) is 5. The highest BCUT2D eigenvalue weighted by Gasteiger charge is 2.26. The van der Waals surface area contributed by atoms with Gasteiger partial charge in [-0.05, 0) is 0 Å². The van der Waals surface area contributed by atoms with Crippen molar-refractivity contribution in [3.05, 3.63) is 0 Å². The minimum Gasteiger partial charge on any atom is -0.286 e. The van der Waals surface area contributed by atoms with Gasteiger partial charge in [0.15, 0.2) is 0 Å². The van der Waals surface area contributed by atoms with Gasteiger partial charge in [0.1, 0.15) is 0 Å². The number of rotatable bonds is 0. The van der Waals surface area contributed by atoms with Crippen molar-refractivity contribution in [2.45, 2.75) is 12.8 Å². The SMILES string of the molecule is CS(=O)(=O)O.O=C1CCC(=O)N1O. The second-order valence-corrected chi connectivity index (χ2v) is 3.80. The fraction of sp³-hybridized carbons (Fsp3) is 0.600. The molecule has 0 aromatic heterocycles. The Bertz CT molecular complexity index is 283. The van der Waals surface area contributed by atoms with E-state index >= 15 is 0 Å². The number of hydroxylamine groups is 2. The molecule has 0 aromatic carbocycles. The van der Waals surface area contributed by atoms with Crippen molar-refractivity contribution in [3.8, 4) is 0 Å². The van der Waals surface area contributed by atoms with Gasteiger partial charge in [-0.15, -0.1) is 0 Å². The molecule has 2 N–H and O–H groups in total. The molecule has 1 saturated heterocycles. The van der Waals surface area contributed by atoms with E-state index in [2.05, 4.69) is 0 Å². The van der Waals surface area contributed by atoms with E-state index in [1.165, 1.54) is 0 Å². The Kier molecular flexibility index (Phi) is 3.98. The van der Waals surface area contributed by atoms with Crippen molar-refractivity contribution < 1.29 is 27.8 Å². The Morgan fingerprint density at radius 2 is 1.46 bits per heavy atom. The maximum atomic E-state index is 10.2. The highest BCUT2D eigenvalue weighted by Crippen LogP contribution is 2.06. The Hall–Kier alpha value is -0.990. The van der Waals surface area contributed by atoms with Gasteiger partial charge in [0, 0.05) is 12.8 Å². The summed E-state index contributed by atoms with van der Waals surface area (Å²) in [6.07, 6.45) is 1.01. The molecule has 76 valence electrons. The van der Waals surface area contributed by atoms with Gasteiger partial charge >= 0.3 is 0 Å². The van der Waals surface area contributed by atoms with Crippen LogP contribution in [-0.2, 0) is 19.7 Å². The molecule has 13 heavy (non-hydrogen) atoms. The predicted octanol–water partition coefficient (Wildman–Crippen LogP) is -0.971. The monoisotopic (exact) mass is 211 g/mol. The van der Waals surface area contributed by atoms with Crippen LogP contribution < -0.4 is 0 Å². The van der Waals surface area contributed by atoms with Crippen LogP contribution in [0.4, 0.5) is 0 Å². The largest absolute Gasteiger partial charge is 0.286 e. The van der Waals surface area contributed by atoms with Crippen molar-refractivity contribution in [2.24, 2.45) is 0 Å². The zero-order valence-electron chi connectivity index (χ0n) is 6.80. The molecule has 0 saturated carbocycles. The topological polar surface area (TPSA) is 112 Å². The third kappa shape index (κ3) is 6.20. The van der Waals surface area contributed by atoms with Gasteiger partial charge in [0.25, 0.3) is 21.9 Å². The Labute approximate surface area is 74.7 Å². The molecule has 1 rings (SSSR count). The molecule has 1 heterocycles. The first kappa shape index (κ1) is 12.0. The number of amides is 2. The first-order valence-electron chi connectivity index (χ1n) is 3.19. The van der Waals surface area contributed by atoms with E-state index in [9.17, 15) is 18.0 Å². The molecule has 7 nitrogen and oxygen atoms in total. The normalized spacial score (nSPS) is 17.0. The zero-order chi connectivity index (χ0) is 10.6. The Morgan fingerprint density at radius 3 is 1.54 bits per heavy atom. The van der Waals surface area contributed by atoms with Gasteiger partial charge in [-0.1, -0.05) is 0 Å². The van der Waals surface area contributed by atoms with E-state index in [4.69, 9.17) is 9.76 Å². The maximum Gasteiger partial charge on any atom is 0.261 e. The van der Waals surface area contributed by atoms with Crippen LogP contribution >= 0.6 is 0 Å². The van der Waals surface area contributed by atoms with Crippen LogP contribution in [0.2, 0.25) is 0 Å². The molecule has 0 bridgehead atoms. The second-order valence-electron chi connectivity index (χ2n) is 2.33. The van der Waals surface area contributed by atoms with E-state index in [0.717, 1.165) is 0 Å². The molecule has 1 aliphatic rings. The quantitative estimate of drug-likeness (QED) is 0.303. The molecule has 0 unspecified atom stereocenters. The van der Waals surface area contributed by atoms with Crippen LogP contribution in [-0.4, -0.2) is 41.3 Å². The minimum atomic E-state index is -3.67. The van der Waals surface area contributed by atoms with E-state index in [1.807, 2.05) is 0 Å². The summed E-state index contributed by atoms with van der Waals surface area (Å²) in [5.41, 5.74) is 0. The highest BCUT2D eigenvalue weighted by atomic mass is 32.2. The van der Waals surface area contributed by atoms with Crippen LogP contribution in [0, 0.1) is 0 Å². The van der Waals surface area contributed by atoms with Crippen LogP contribution in [0.5, 0.6) is 0 Å². The van der Waals surface area contributed by atoms with Crippen molar-refractivity contribution >= 4 is 21.9 Å². The summed E-state index contributed by atoms with van der Waals surface area (Å²) in [7, 11) is -3.67. The zero-order valence-corrected chi connectivity index (χ0v) is 7.61. The fourth-order valence-corrected chi connectivity index (χ4v) is 0.565. The second kappa shape index (κ2) is 4.30. The van der Waals surface area contributed by atoms with Gasteiger partial charge in [0.05, 0.1) is 6.26 Å². The third-order valence-electron chi connectivity index (χ3n) is 1.03. The van der Waals surface area contributed by atoms with Crippen LogP contribution in [0.1, 0.15) is 12.8 Å². The van der Waals surface area contributed by atoms with Crippen molar-refractivity contribution in [3.63, 3.8) is 0 Å². The first-order chi connectivity index (χ1) is 5.72. The van der Waals surface area contributed by atoms with Gasteiger partial charge in [-0.3, -0.25) is 19.3 Å². The molecule has 8 heteroatoms. The summed E-state index contributed by atoms with van der Waals surface area (Å²) in [4.78, 5) is 20.5. The molecule has 0 aromatic rings. The minimum absolute atomic E-state index is 0.148. The molecule has 2 amide bonds. The summed E-state index contributed by atoms with van der Waals surface area (Å²) in [6, 6.07) is 0. The summed E-state index contributed by atoms with van der Waals surface area (Å²) < 4.78 is 25.9. The Balaban J connectivity index is 0.000000252. The van der Waals surface area contributed by atoms with E-state index < -0.39 is 21.9 Å². The van der Waals surface area contributed by atoms with Crippen molar-refractivity contribution in [1.82, 2.24) is 5.06 Å². The van der Waals surface area contributed by atoms with Crippen LogP contribution in [0.15, 0.2) is 0 Å². The van der Waals surface area contributed by atoms with Crippen LogP contribution in [0.25, 0.3) is 0 Å². The number of hydrogen-bond donors (Lipinski definition) is 2. The average molecular weight is 211 g/mol. The lowest BCUT2D eigenvalue weighted by Gasteiger charge is -1.98. The molecular weight excluding hydrogens is 202 g/mol. The lowest BCUT2D eigenvalue weighted by molar-refractivity contribution is -0.171. The van der Waals surface area contributed by atoms with Crippen molar-refractivity contribution in [1.29, 1.82) is 0 Å². The summed E-state index contributed by atoms with van der Waals surface area (Å²) in [6.45, 7) is 0.